The van der Waals surface area contributed by atoms with E-state index in [9.17, 15) is 4.79 Å². The van der Waals surface area contributed by atoms with Crippen LogP contribution in [0.25, 0.3) is 0 Å². The zero-order chi connectivity index (χ0) is 12.3. The Kier molecular flexibility index (Phi) is 3.73. The summed E-state index contributed by atoms with van der Waals surface area (Å²) in [5.74, 6) is 0.561. The van der Waals surface area contributed by atoms with E-state index in [1.54, 1.807) is 6.33 Å². The van der Waals surface area contributed by atoms with Crippen molar-refractivity contribution in [1.29, 1.82) is 0 Å². The SMILES string of the molecule is CCn1cnnc1NC(=O)C1CCCCN1C. The minimum Gasteiger partial charge on any atom is -0.300 e. The number of carbonyl (C=O) groups excluding carboxylic acids is 1. The van der Waals surface area contributed by atoms with E-state index in [-0.39, 0.29) is 11.9 Å². The highest BCUT2D eigenvalue weighted by molar-refractivity contribution is 5.93. The van der Waals surface area contributed by atoms with Gasteiger partial charge >= 0.3 is 0 Å². The summed E-state index contributed by atoms with van der Waals surface area (Å²) in [5.41, 5.74) is 0. The molecule has 2 rings (SSSR count). The van der Waals surface area contributed by atoms with Gasteiger partial charge in [-0.1, -0.05) is 6.42 Å². The van der Waals surface area contributed by atoms with E-state index < -0.39 is 0 Å². The number of nitrogens with zero attached hydrogens (tertiary/aromatic N) is 4. The molecule has 1 unspecified atom stereocenters. The number of hydrogen-bond acceptors (Lipinski definition) is 4. The number of likely N-dealkylation sites (N-methyl/N-ethyl adjacent to an activating group) is 1. The fraction of sp³-hybridized carbons (Fsp3) is 0.727. The average Bonchev–Trinajstić information content (AvgIpc) is 2.76. The fourth-order valence-corrected chi connectivity index (χ4v) is 2.18. The molecular formula is C11H19N5O. The Morgan fingerprint density at radius 3 is 3.12 bits per heavy atom. The van der Waals surface area contributed by atoms with E-state index in [2.05, 4.69) is 20.4 Å². The first-order chi connectivity index (χ1) is 8.22. The average molecular weight is 237 g/mol. The molecule has 0 aromatic carbocycles. The maximum absolute atomic E-state index is 12.1. The molecule has 94 valence electrons. The van der Waals surface area contributed by atoms with E-state index >= 15 is 0 Å². The summed E-state index contributed by atoms with van der Waals surface area (Å²) in [4.78, 5) is 14.2. The monoisotopic (exact) mass is 237 g/mol. The number of amides is 1. The van der Waals surface area contributed by atoms with Crippen LogP contribution in [0.4, 0.5) is 5.95 Å². The first kappa shape index (κ1) is 12.0. The molecule has 2 heterocycles. The van der Waals surface area contributed by atoms with Gasteiger partial charge in [0.2, 0.25) is 11.9 Å². The first-order valence-corrected chi connectivity index (χ1v) is 6.11. The molecule has 1 amide bonds. The van der Waals surface area contributed by atoms with Gasteiger partial charge in [-0.25, -0.2) is 0 Å². The van der Waals surface area contributed by atoms with Gasteiger partial charge in [0, 0.05) is 6.54 Å². The zero-order valence-corrected chi connectivity index (χ0v) is 10.4. The summed E-state index contributed by atoms with van der Waals surface area (Å²) in [6, 6.07) is -0.0363. The van der Waals surface area contributed by atoms with E-state index in [0.717, 1.165) is 25.9 Å². The maximum atomic E-state index is 12.1. The molecule has 1 aromatic rings. The van der Waals surface area contributed by atoms with Crippen molar-refractivity contribution in [3.63, 3.8) is 0 Å². The van der Waals surface area contributed by atoms with E-state index in [4.69, 9.17) is 0 Å². The molecule has 1 aromatic heterocycles. The molecule has 1 aliphatic heterocycles. The van der Waals surface area contributed by atoms with Crippen molar-refractivity contribution in [3.8, 4) is 0 Å². The maximum Gasteiger partial charge on any atom is 0.244 e. The van der Waals surface area contributed by atoms with E-state index in [1.165, 1.54) is 6.42 Å². The number of rotatable bonds is 3. The normalized spacial score (nSPS) is 21.4. The molecule has 0 radical (unpaired) electrons. The lowest BCUT2D eigenvalue weighted by molar-refractivity contribution is -0.121. The van der Waals surface area contributed by atoms with Crippen LogP contribution in [0.3, 0.4) is 0 Å². The summed E-state index contributed by atoms with van der Waals surface area (Å²) in [5, 5.41) is 10.6. The molecule has 0 saturated carbocycles. The van der Waals surface area contributed by atoms with Crippen LogP contribution in [0.2, 0.25) is 0 Å². The lowest BCUT2D eigenvalue weighted by Gasteiger charge is -2.30. The molecule has 1 fully saturated rings. The largest absolute Gasteiger partial charge is 0.300 e. The second-order valence-corrected chi connectivity index (χ2v) is 4.42. The van der Waals surface area contributed by atoms with Gasteiger partial charge in [-0.2, -0.15) is 0 Å². The van der Waals surface area contributed by atoms with Gasteiger partial charge in [0.1, 0.15) is 6.33 Å². The van der Waals surface area contributed by atoms with Crippen molar-refractivity contribution < 1.29 is 4.79 Å². The number of aryl methyl sites for hydroxylation is 1. The van der Waals surface area contributed by atoms with Crippen LogP contribution in [-0.2, 0) is 11.3 Å². The smallest absolute Gasteiger partial charge is 0.244 e. The quantitative estimate of drug-likeness (QED) is 0.841. The van der Waals surface area contributed by atoms with Gasteiger partial charge in [0.15, 0.2) is 0 Å². The minimum absolute atomic E-state index is 0.0231. The first-order valence-electron chi connectivity index (χ1n) is 6.11. The Bertz CT molecular complexity index is 389. The molecule has 1 atom stereocenters. The van der Waals surface area contributed by atoms with Gasteiger partial charge in [-0.15, -0.1) is 10.2 Å². The summed E-state index contributed by atoms with van der Waals surface area (Å²) in [7, 11) is 1.99. The Morgan fingerprint density at radius 2 is 2.41 bits per heavy atom. The van der Waals surface area contributed by atoms with Crippen LogP contribution in [0, 0.1) is 0 Å². The van der Waals surface area contributed by atoms with Crippen molar-refractivity contribution >= 4 is 11.9 Å². The summed E-state index contributed by atoms with van der Waals surface area (Å²) in [6.07, 6.45) is 4.83. The third-order valence-electron chi connectivity index (χ3n) is 3.26. The molecule has 0 bridgehead atoms. The third-order valence-corrected chi connectivity index (χ3v) is 3.26. The highest BCUT2D eigenvalue weighted by Crippen LogP contribution is 2.16. The molecule has 6 nitrogen and oxygen atoms in total. The summed E-state index contributed by atoms with van der Waals surface area (Å²) in [6.45, 7) is 3.73. The molecule has 6 heteroatoms. The molecular weight excluding hydrogens is 218 g/mol. The second-order valence-electron chi connectivity index (χ2n) is 4.42. The molecule has 0 spiro atoms. The molecule has 1 N–H and O–H groups in total. The number of likely N-dealkylation sites (tertiary alicyclic amines) is 1. The number of carbonyl (C=O) groups is 1. The summed E-state index contributed by atoms with van der Waals surface area (Å²) < 4.78 is 1.82. The van der Waals surface area contributed by atoms with E-state index in [1.807, 2.05) is 18.5 Å². The Balaban J connectivity index is 2.01. The van der Waals surface area contributed by atoms with Gasteiger partial charge in [-0.05, 0) is 33.4 Å². The van der Waals surface area contributed by atoms with Crippen LogP contribution in [0.1, 0.15) is 26.2 Å². The lowest BCUT2D eigenvalue weighted by Crippen LogP contribution is -2.45. The van der Waals surface area contributed by atoms with Crippen LogP contribution in [-0.4, -0.2) is 45.2 Å². The van der Waals surface area contributed by atoms with E-state index in [0.29, 0.717) is 5.95 Å². The van der Waals surface area contributed by atoms with Crippen LogP contribution in [0.15, 0.2) is 6.33 Å². The summed E-state index contributed by atoms with van der Waals surface area (Å²) >= 11 is 0. The van der Waals surface area contributed by atoms with Crippen molar-refractivity contribution in [2.75, 3.05) is 18.9 Å². The second kappa shape index (κ2) is 5.27. The van der Waals surface area contributed by atoms with Crippen molar-refractivity contribution in [3.05, 3.63) is 6.33 Å². The molecule has 1 saturated heterocycles. The van der Waals surface area contributed by atoms with Gasteiger partial charge in [-0.3, -0.25) is 15.0 Å². The molecule has 0 aliphatic carbocycles. The van der Waals surface area contributed by atoms with Crippen molar-refractivity contribution in [2.45, 2.75) is 38.8 Å². The van der Waals surface area contributed by atoms with Gasteiger partial charge < -0.3 is 4.57 Å². The van der Waals surface area contributed by atoms with Gasteiger partial charge in [0.25, 0.3) is 0 Å². The fourth-order valence-electron chi connectivity index (χ4n) is 2.18. The molecule has 17 heavy (non-hydrogen) atoms. The highest BCUT2D eigenvalue weighted by atomic mass is 16.2. The number of anilines is 1. The van der Waals surface area contributed by atoms with Crippen LogP contribution in [0.5, 0.6) is 0 Å². The number of piperidine rings is 1. The number of nitrogens with one attached hydrogen (secondary N) is 1. The van der Waals surface area contributed by atoms with Crippen LogP contribution >= 0.6 is 0 Å². The standard InChI is InChI=1S/C11H19N5O/c1-3-16-8-12-14-11(16)13-10(17)9-6-4-5-7-15(9)2/h8-9H,3-7H2,1-2H3,(H,13,14,17). The zero-order valence-electron chi connectivity index (χ0n) is 10.4. The predicted molar refractivity (Wildman–Crippen MR) is 64.6 cm³/mol. The Morgan fingerprint density at radius 1 is 1.59 bits per heavy atom. The topological polar surface area (TPSA) is 63.1 Å². The van der Waals surface area contributed by atoms with Crippen molar-refractivity contribution in [1.82, 2.24) is 19.7 Å². The van der Waals surface area contributed by atoms with Gasteiger partial charge in [0.05, 0.1) is 6.04 Å². The van der Waals surface area contributed by atoms with Crippen molar-refractivity contribution in [2.24, 2.45) is 0 Å². The number of aromatic nitrogens is 3. The molecule has 1 aliphatic rings. The highest BCUT2D eigenvalue weighted by Gasteiger charge is 2.26. The predicted octanol–water partition coefficient (Wildman–Crippen LogP) is 0.721. The minimum atomic E-state index is -0.0363. The number of hydrogen-bond donors (Lipinski definition) is 1. The third kappa shape index (κ3) is 2.63. The van der Waals surface area contributed by atoms with Crippen LogP contribution < -0.4 is 5.32 Å². The lowest BCUT2D eigenvalue weighted by atomic mass is 10.0. The Labute approximate surface area is 101 Å². The Hall–Kier alpha value is -1.43.